The maximum atomic E-state index is 9.00. The Labute approximate surface area is 87.9 Å². The van der Waals surface area contributed by atoms with Crippen molar-refractivity contribution in [1.82, 2.24) is 0 Å². The summed E-state index contributed by atoms with van der Waals surface area (Å²) in [6.45, 7) is -0.0432. The lowest BCUT2D eigenvalue weighted by atomic mass is 10.1. The lowest BCUT2D eigenvalue weighted by molar-refractivity contribution is 0.369. The molecule has 0 spiro atoms. The zero-order chi connectivity index (χ0) is 10.6. The third-order valence-corrected chi connectivity index (χ3v) is 2.21. The normalized spacial score (nSPS) is 11.0. The Morgan fingerprint density at radius 1 is 1.43 bits per heavy atom. The molecule has 14 heavy (non-hydrogen) atoms. The minimum absolute atomic E-state index is 0.403. The second-order valence-electron chi connectivity index (χ2n) is 2.68. The van der Waals surface area contributed by atoms with E-state index < -0.39 is 6.72 Å². The molecule has 0 aliphatic carbocycles. The maximum absolute atomic E-state index is 9.00. The largest absolute Gasteiger partial charge is 0.424 e. The van der Waals surface area contributed by atoms with Gasteiger partial charge in [-0.3, -0.25) is 0 Å². The standard InChI is InChI=1S/C9H11O3PS/c1-2-5-8-6-3-4-7-9(8)12-13(10,11)14/h2-4,6-7H,1,5H2,(H2,10,11,14). The quantitative estimate of drug-likeness (QED) is 0.613. The van der Waals surface area contributed by atoms with Crippen LogP contribution in [0.3, 0.4) is 0 Å². The minimum atomic E-state index is -3.64. The van der Waals surface area contributed by atoms with Gasteiger partial charge in [0.05, 0.1) is 0 Å². The van der Waals surface area contributed by atoms with Gasteiger partial charge in [-0.25, -0.2) is 0 Å². The number of allylic oxidation sites excluding steroid dienone is 1. The molecular weight excluding hydrogens is 219 g/mol. The average Bonchev–Trinajstić information content (AvgIpc) is 2.06. The molecule has 1 aromatic carbocycles. The fraction of sp³-hybridized carbons (Fsp3) is 0.111. The zero-order valence-corrected chi connectivity index (χ0v) is 9.17. The second kappa shape index (κ2) is 4.71. The molecule has 0 aliphatic rings. The third-order valence-electron chi connectivity index (χ3n) is 1.55. The van der Waals surface area contributed by atoms with E-state index in [1.54, 1.807) is 18.2 Å². The van der Waals surface area contributed by atoms with Gasteiger partial charge in [-0.2, -0.15) is 0 Å². The van der Waals surface area contributed by atoms with Crippen LogP contribution < -0.4 is 4.52 Å². The number of hydrogen-bond donors (Lipinski definition) is 2. The Morgan fingerprint density at radius 3 is 2.64 bits per heavy atom. The first-order chi connectivity index (χ1) is 6.53. The van der Waals surface area contributed by atoms with Crippen LogP contribution in [0.4, 0.5) is 0 Å². The Hall–Kier alpha value is -0.670. The molecule has 1 rings (SSSR count). The molecule has 0 saturated carbocycles. The van der Waals surface area contributed by atoms with Gasteiger partial charge >= 0.3 is 6.72 Å². The monoisotopic (exact) mass is 230 g/mol. The molecule has 0 aromatic heterocycles. The molecule has 0 atom stereocenters. The lowest BCUT2D eigenvalue weighted by Gasteiger charge is -2.12. The molecule has 0 amide bonds. The third kappa shape index (κ3) is 3.60. The van der Waals surface area contributed by atoms with Crippen molar-refractivity contribution in [2.75, 3.05) is 0 Å². The number of para-hydroxylation sites is 1. The lowest BCUT2D eigenvalue weighted by Crippen LogP contribution is -1.93. The van der Waals surface area contributed by atoms with Crippen LogP contribution in [0, 0.1) is 0 Å². The zero-order valence-electron chi connectivity index (χ0n) is 7.46. The van der Waals surface area contributed by atoms with Gasteiger partial charge in [-0.05, 0) is 18.1 Å². The van der Waals surface area contributed by atoms with E-state index in [9.17, 15) is 0 Å². The fourth-order valence-corrected chi connectivity index (χ4v) is 1.72. The molecular formula is C9H11O3PS. The molecule has 0 heterocycles. The SMILES string of the molecule is C=CCc1ccccc1OP(O)(O)=S. The smallest absolute Gasteiger partial charge is 0.375 e. The van der Waals surface area contributed by atoms with Gasteiger partial charge in [0, 0.05) is 11.8 Å². The van der Waals surface area contributed by atoms with E-state index in [-0.39, 0.29) is 0 Å². The van der Waals surface area contributed by atoms with Gasteiger partial charge in [0.2, 0.25) is 0 Å². The predicted octanol–water partition coefficient (Wildman–Crippen LogP) is 2.00. The number of rotatable bonds is 4. The summed E-state index contributed by atoms with van der Waals surface area (Å²) in [5.74, 6) is 0.403. The summed E-state index contributed by atoms with van der Waals surface area (Å²) < 4.78 is 4.87. The molecule has 2 N–H and O–H groups in total. The summed E-state index contributed by atoms with van der Waals surface area (Å²) in [5, 5.41) is 0. The van der Waals surface area contributed by atoms with Gasteiger partial charge < -0.3 is 14.3 Å². The molecule has 3 nitrogen and oxygen atoms in total. The van der Waals surface area contributed by atoms with E-state index in [1.807, 2.05) is 12.1 Å². The molecule has 76 valence electrons. The number of benzene rings is 1. The topological polar surface area (TPSA) is 49.7 Å². The first-order valence-corrected chi connectivity index (χ1v) is 6.59. The van der Waals surface area contributed by atoms with E-state index in [1.165, 1.54) is 0 Å². The van der Waals surface area contributed by atoms with Crippen molar-refractivity contribution in [2.24, 2.45) is 0 Å². The van der Waals surface area contributed by atoms with E-state index >= 15 is 0 Å². The summed E-state index contributed by atoms with van der Waals surface area (Å²) in [6.07, 6.45) is 2.31. The van der Waals surface area contributed by atoms with Crippen molar-refractivity contribution in [3.8, 4) is 5.75 Å². The van der Waals surface area contributed by atoms with Crippen LogP contribution in [0.5, 0.6) is 5.75 Å². The van der Waals surface area contributed by atoms with Crippen molar-refractivity contribution in [1.29, 1.82) is 0 Å². The van der Waals surface area contributed by atoms with Crippen molar-refractivity contribution < 1.29 is 14.3 Å². The fourth-order valence-electron chi connectivity index (χ4n) is 1.05. The van der Waals surface area contributed by atoms with Gasteiger partial charge in [-0.15, -0.1) is 6.58 Å². The first kappa shape index (κ1) is 11.4. The van der Waals surface area contributed by atoms with E-state index in [0.29, 0.717) is 12.2 Å². The molecule has 0 unspecified atom stereocenters. The van der Waals surface area contributed by atoms with Crippen LogP contribution >= 0.6 is 6.72 Å². The first-order valence-electron chi connectivity index (χ1n) is 3.97. The van der Waals surface area contributed by atoms with Crippen LogP contribution in [0.25, 0.3) is 0 Å². The Bertz CT molecular complexity index is 372. The summed E-state index contributed by atoms with van der Waals surface area (Å²) in [4.78, 5) is 18.0. The Kier molecular flexibility index (Phi) is 3.84. The van der Waals surface area contributed by atoms with E-state index in [4.69, 9.17) is 14.3 Å². The highest BCUT2D eigenvalue weighted by molar-refractivity contribution is 8.06. The van der Waals surface area contributed by atoms with Crippen LogP contribution in [-0.4, -0.2) is 9.79 Å². The molecule has 0 fully saturated rings. The van der Waals surface area contributed by atoms with Crippen LogP contribution in [0.2, 0.25) is 0 Å². The van der Waals surface area contributed by atoms with Crippen molar-refractivity contribution in [3.05, 3.63) is 42.5 Å². The van der Waals surface area contributed by atoms with Crippen LogP contribution in [0.15, 0.2) is 36.9 Å². The minimum Gasteiger partial charge on any atom is -0.424 e. The van der Waals surface area contributed by atoms with E-state index in [0.717, 1.165) is 5.56 Å². The molecule has 0 radical (unpaired) electrons. The molecule has 1 aromatic rings. The summed E-state index contributed by atoms with van der Waals surface area (Å²) in [5.41, 5.74) is 0.833. The molecule has 5 heteroatoms. The Morgan fingerprint density at radius 2 is 2.07 bits per heavy atom. The molecule has 0 aliphatic heterocycles. The predicted molar refractivity (Wildman–Crippen MR) is 59.7 cm³/mol. The number of hydrogen-bond acceptors (Lipinski definition) is 2. The van der Waals surface area contributed by atoms with Crippen LogP contribution in [0.1, 0.15) is 5.56 Å². The Balaban J connectivity index is 2.95. The van der Waals surface area contributed by atoms with E-state index in [2.05, 4.69) is 18.4 Å². The average molecular weight is 230 g/mol. The highest BCUT2D eigenvalue weighted by Crippen LogP contribution is 2.39. The summed E-state index contributed by atoms with van der Waals surface area (Å²) in [6, 6.07) is 7.05. The van der Waals surface area contributed by atoms with Gasteiger partial charge in [-0.1, -0.05) is 24.3 Å². The van der Waals surface area contributed by atoms with Crippen molar-refractivity contribution >= 4 is 18.5 Å². The molecule has 0 bridgehead atoms. The summed E-state index contributed by atoms with van der Waals surface area (Å²) >= 11 is 4.38. The van der Waals surface area contributed by atoms with Gasteiger partial charge in [0.1, 0.15) is 5.75 Å². The second-order valence-corrected chi connectivity index (χ2v) is 5.27. The molecule has 0 saturated heterocycles. The summed E-state index contributed by atoms with van der Waals surface area (Å²) in [7, 11) is 0. The van der Waals surface area contributed by atoms with Gasteiger partial charge in [0.15, 0.2) is 0 Å². The van der Waals surface area contributed by atoms with Crippen molar-refractivity contribution in [2.45, 2.75) is 6.42 Å². The maximum Gasteiger partial charge on any atom is 0.375 e. The van der Waals surface area contributed by atoms with Crippen LogP contribution in [-0.2, 0) is 18.2 Å². The highest BCUT2D eigenvalue weighted by atomic mass is 32.5. The highest BCUT2D eigenvalue weighted by Gasteiger charge is 2.12. The van der Waals surface area contributed by atoms with Gasteiger partial charge in [0.25, 0.3) is 0 Å². The van der Waals surface area contributed by atoms with Crippen molar-refractivity contribution in [3.63, 3.8) is 0 Å².